The molecule has 0 aliphatic heterocycles. The van der Waals surface area contributed by atoms with Gasteiger partial charge in [-0.05, 0) is 30.5 Å². The van der Waals surface area contributed by atoms with E-state index in [1.165, 1.54) is 5.56 Å². The lowest BCUT2D eigenvalue weighted by Crippen LogP contribution is -2.09. The first kappa shape index (κ1) is 14.8. The second-order valence-corrected chi connectivity index (χ2v) is 5.64. The van der Waals surface area contributed by atoms with Crippen LogP contribution in [-0.4, -0.2) is 17.0 Å². The van der Waals surface area contributed by atoms with E-state index in [4.69, 9.17) is 11.6 Å². The van der Waals surface area contributed by atoms with Crippen LogP contribution < -0.4 is 5.32 Å². The largest absolute Gasteiger partial charge is 0.373 e. The Morgan fingerprint density at radius 3 is 2.60 bits per heavy atom. The fourth-order valence-corrected chi connectivity index (χ4v) is 2.64. The molecule has 2 rings (SSSR count). The molecule has 0 saturated carbocycles. The molecule has 4 heteroatoms. The highest BCUT2D eigenvalue weighted by atomic mass is 35.5. The van der Waals surface area contributed by atoms with Gasteiger partial charge in [-0.15, -0.1) is 0 Å². The molecule has 1 N–H and O–H groups in total. The third kappa shape index (κ3) is 3.28. The van der Waals surface area contributed by atoms with Crippen molar-refractivity contribution in [2.24, 2.45) is 0 Å². The van der Waals surface area contributed by atoms with Crippen LogP contribution >= 0.6 is 11.6 Å². The summed E-state index contributed by atoms with van der Waals surface area (Å²) in [7, 11) is 1.90. The van der Waals surface area contributed by atoms with Crippen molar-refractivity contribution >= 4 is 17.4 Å². The summed E-state index contributed by atoms with van der Waals surface area (Å²) in [4.78, 5) is 9.27. The molecule has 106 valence electrons. The van der Waals surface area contributed by atoms with Crippen LogP contribution in [0.25, 0.3) is 0 Å². The van der Waals surface area contributed by atoms with E-state index in [1.807, 2.05) is 38.2 Å². The van der Waals surface area contributed by atoms with E-state index < -0.39 is 0 Å². The van der Waals surface area contributed by atoms with Gasteiger partial charge in [-0.2, -0.15) is 0 Å². The minimum absolute atomic E-state index is 0.401. The Labute approximate surface area is 125 Å². The molecule has 0 atom stereocenters. The summed E-state index contributed by atoms with van der Waals surface area (Å²) in [6, 6.07) is 7.82. The molecule has 0 unspecified atom stereocenters. The van der Waals surface area contributed by atoms with Gasteiger partial charge in [-0.25, -0.2) is 9.97 Å². The molecule has 0 amide bonds. The zero-order valence-electron chi connectivity index (χ0n) is 12.4. The number of benzene rings is 1. The zero-order chi connectivity index (χ0) is 14.7. The fraction of sp³-hybridized carbons (Fsp3) is 0.375. The molecule has 0 bridgehead atoms. The Morgan fingerprint density at radius 2 is 2.00 bits per heavy atom. The van der Waals surface area contributed by atoms with Gasteiger partial charge >= 0.3 is 0 Å². The minimum atomic E-state index is 0.401. The monoisotopic (exact) mass is 289 g/mol. The Morgan fingerprint density at radius 1 is 1.25 bits per heavy atom. The van der Waals surface area contributed by atoms with E-state index >= 15 is 0 Å². The van der Waals surface area contributed by atoms with Crippen molar-refractivity contribution in [3.05, 3.63) is 51.9 Å². The van der Waals surface area contributed by atoms with E-state index in [-0.39, 0.29) is 0 Å². The summed E-state index contributed by atoms with van der Waals surface area (Å²) in [5.41, 5.74) is 3.34. The van der Waals surface area contributed by atoms with Crippen LogP contribution in [0, 0.1) is 6.92 Å². The number of nitrogens with one attached hydrogen (secondary N) is 1. The van der Waals surface area contributed by atoms with Crippen molar-refractivity contribution in [1.82, 2.24) is 9.97 Å². The highest BCUT2D eigenvalue weighted by Crippen LogP contribution is 2.25. The highest BCUT2D eigenvalue weighted by molar-refractivity contribution is 6.30. The Hall–Kier alpha value is -1.61. The SMILES string of the molecule is CNc1nc(Cc2cccc(Cl)c2)nc(C)c1C(C)C. The maximum Gasteiger partial charge on any atom is 0.135 e. The van der Waals surface area contributed by atoms with E-state index in [1.54, 1.807) is 0 Å². The number of hydrogen-bond donors (Lipinski definition) is 1. The first-order valence-corrected chi connectivity index (χ1v) is 7.18. The molecule has 2 aromatic rings. The van der Waals surface area contributed by atoms with E-state index in [2.05, 4.69) is 29.1 Å². The summed E-state index contributed by atoms with van der Waals surface area (Å²) in [6.45, 7) is 6.35. The Bertz CT molecular complexity index is 609. The molecule has 0 fully saturated rings. The lowest BCUT2D eigenvalue weighted by atomic mass is 10.0. The van der Waals surface area contributed by atoms with Gasteiger partial charge in [0.2, 0.25) is 0 Å². The predicted molar refractivity (Wildman–Crippen MR) is 84.7 cm³/mol. The molecule has 0 aliphatic rings. The Kier molecular flexibility index (Phi) is 4.61. The van der Waals surface area contributed by atoms with Crippen LogP contribution in [0.2, 0.25) is 5.02 Å². The van der Waals surface area contributed by atoms with Gasteiger partial charge in [0.05, 0.1) is 0 Å². The van der Waals surface area contributed by atoms with Crippen molar-refractivity contribution < 1.29 is 0 Å². The van der Waals surface area contributed by atoms with E-state index in [0.717, 1.165) is 27.9 Å². The van der Waals surface area contributed by atoms with Crippen molar-refractivity contribution in [2.45, 2.75) is 33.1 Å². The topological polar surface area (TPSA) is 37.8 Å². The molecule has 1 heterocycles. The third-order valence-electron chi connectivity index (χ3n) is 3.25. The summed E-state index contributed by atoms with van der Waals surface area (Å²) >= 11 is 6.01. The van der Waals surface area contributed by atoms with Crippen LogP contribution in [0.4, 0.5) is 5.82 Å². The number of hydrogen-bond acceptors (Lipinski definition) is 3. The molecule has 0 aliphatic carbocycles. The zero-order valence-corrected chi connectivity index (χ0v) is 13.1. The van der Waals surface area contributed by atoms with Crippen LogP contribution in [-0.2, 0) is 6.42 Å². The predicted octanol–water partition coefficient (Wildman–Crippen LogP) is 4.19. The van der Waals surface area contributed by atoms with Crippen molar-refractivity contribution in [2.75, 3.05) is 12.4 Å². The first-order valence-electron chi connectivity index (χ1n) is 6.81. The van der Waals surface area contributed by atoms with Crippen LogP contribution in [0.15, 0.2) is 24.3 Å². The van der Waals surface area contributed by atoms with Gasteiger partial charge in [-0.3, -0.25) is 0 Å². The van der Waals surface area contributed by atoms with Gasteiger partial charge in [0.15, 0.2) is 0 Å². The molecular formula is C16H20ClN3. The maximum atomic E-state index is 6.01. The van der Waals surface area contributed by atoms with Gasteiger partial charge in [0.25, 0.3) is 0 Å². The average molecular weight is 290 g/mol. The number of nitrogens with zero attached hydrogens (tertiary/aromatic N) is 2. The molecule has 0 spiro atoms. The number of rotatable bonds is 4. The molecule has 1 aromatic carbocycles. The molecule has 20 heavy (non-hydrogen) atoms. The van der Waals surface area contributed by atoms with Crippen molar-refractivity contribution in [1.29, 1.82) is 0 Å². The second-order valence-electron chi connectivity index (χ2n) is 5.20. The molecule has 1 aromatic heterocycles. The lowest BCUT2D eigenvalue weighted by Gasteiger charge is -2.15. The first-order chi connectivity index (χ1) is 9.51. The molecular weight excluding hydrogens is 270 g/mol. The van der Waals surface area contributed by atoms with Gasteiger partial charge in [0.1, 0.15) is 11.6 Å². The van der Waals surface area contributed by atoms with Crippen molar-refractivity contribution in [3.63, 3.8) is 0 Å². The number of anilines is 1. The van der Waals surface area contributed by atoms with Gasteiger partial charge in [0, 0.05) is 29.7 Å². The number of halogens is 1. The summed E-state index contributed by atoms with van der Waals surface area (Å²) < 4.78 is 0. The number of aryl methyl sites for hydroxylation is 1. The standard InChI is InChI=1S/C16H20ClN3/c1-10(2)15-11(3)19-14(20-16(15)18-4)9-12-6-5-7-13(17)8-12/h5-8,10H,9H2,1-4H3,(H,18,19,20). The minimum Gasteiger partial charge on any atom is -0.373 e. The molecule has 0 saturated heterocycles. The van der Waals surface area contributed by atoms with E-state index in [0.29, 0.717) is 12.3 Å². The summed E-state index contributed by atoms with van der Waals surface area (Å²) in [5.74, 6) is 2.14. The average Bonchev–Trinajstić information content (AvgIpc) is 2.37. The van der Waals surface area contributed by atoms with Crippen LogP contribution in [0.1, 0.15) is 42.4 Å². The second kappa shape index (κ2) is 6.23. The van der Waals surface area contributed by atoms with E-state index in [9.17, 15) is 0 Å². The molecule has 3 nitrogen and oxygen atoms in total. The van der Waals surface area contributed by atoms with Gasteiger partial charge in [-0.1, -0.05) is 37.6 Å². The summed E-state index contributed by atoms with van der Waals surface area (Å²) in [5, 5.41) is 3.92. The normalized spacial score (nSPS) is 10.9. The van der Waals surface area contributed by atoms with Crippen LogP contribution in [0.5, 0.6) is 0 Å². The van der Waals surface area contributed by atoms with Gasteiger partial charge < -0.3 is 5.32 Å². The lowest BCUT2D eigenvalue weighted by molar-refractivity contribution is 0.814. The smallest absolute Gasteiger partial charge is 0.135 e. The van der Waals surface area contributed by atoms with Crippen LogP contribution in [0.3, 0.4) is 0 Å². The fourth-order valence-electron chi connectivity index (χ4n) is 2.43. The highest BCUT2D eigenvalue weighted by Gasteiger charge is 2.14. The Balaban J connectivity index is 2.36. The summed E-state index contributed by atoms with van der Waals surface area (Å²) in [6.07, 6.45) is 0.689. The maximum absolute atomic E-state index is 6.01. The quantitative estimate of drug-likeness (QED) is 0.917. The third-order valence-corrected chi connectivity index (χ3v) is 3.48. The molecule has 0 radical (unpaired) electrons. The number of aromatic nitrogens is 2. The van der Waals surface area contributed by atoms with Crippen molar-refractivity contribution in [3.8, 4) is 0 Å².